The molecule has 0 fully saturated rings. The Hall–Kier alpha value is -0.990. The highest BCUT2D eigenvalue weighted by atomic mass is 16.5. The summed E-state index contributed by atoms with van der Waals surface area (Å²) in [5, 5.41) is 7.28. The molecule has 1 N–H and O–H groups in total. The number of H-pyrrole nitrogens is 1. The van der Waals surface area contributed by atoms with Crippen LogP contribution in [0.2, 0.25) is 0 Å². The van der Waals surface area contributed by atoms with Crippen LogP contribution in [0.5, 0.6) is 5.75 Å². The van der Waals surface area contributed by atoms with Gasteiger partial charge in [-0.1, -0.05) is 13.8 Å². The summed E-state index contributed by atoms with van der Waals surface area (Å²) in [6, 6.07) is 0. The number of nitrogens with zero attached hydrogens (tertiary/aromatic N) is 1. The SMILES string of the molecule is CC(C)c1n[nH]c2c1OCCC2.[HH]. The van der Waals surface area contributed by atoms with E-state index in [1.807, 2.05) is 0 Å². The molecule has 0 aliphatic carbocycles. The van der Waals surface area contributed by atoms with Gasteiger partial charge < -0.3 is 4.74 Å². The quantitative estimate of drug-likeness (QED) is 0.697. The molecule has 3 heteroatoms. The van der Waals surface area contributed by atoms with Gasteiger partial charge in [-0.3, -0.25) is 5.10 Å². The predicted octanol–water partition coefficient (Wildman–Crippen LogP) is 2.10. The van der Waals surface area contributed by atoms with Gasteiger partial charge in [-0.15, -0.1) is 0 Å². The Morgan fingerprint density at radius 3 is 3.17 bits per heavy atom. The lowest BCUT2D eigenvalue weighted by atomic mass is 10.1. The Morgan fingerprint density at radius 1 is 1.58 bits per heavy atom. The topological polar surface area (TPSA) is 37.9 Å². The molecule has 2 rings (SSSR count). The Bertz CT molecular complexity index is 283. The molecule has 1 aromatic heterocycles. The molecule has 0 bridgehead atoms. The summed E-state index contributed by atoms with van der Waals surface area (Å²) >= 11 is 0. The predicted molar refractivity (Wildman–Crippen MR) is 48.6 cm³/mol. The van der Waals surface area contributed by atoms with E-state index in [4.69, 9.17) is 4.74 Å². The summed E-state index contributed by atoms with van der Waals surface area (Å²) < 4.78 is 5.56. The lowest BCUT2D eigenvalue weighted by Gasteiger charge is -2.14. The molecule has 3 nitrogen and oxygen atoms in total. The third kappa shape index (κ3) is 1.09. The van der Waals surface area contributed by atoms with Gasteiger partial charge in [-0.05, 0) is 12.8 Å². The smallest absolute Gasteiger partial charge is 0.163 e. The molecular weight excluding hydrogens is 152 g/mol. The van der Waals surface area contributed by atoms with Crippen LogP contribution >= 0.6 is 0 Å². The lowest BCUT2D eigenvalue weighted by Crippen LogP contribution is -2.08. The van der Waals surface area contributed by atoms with Crippen molar-refractivity contribution in [2.24, 2.45) is 0 Å². The summed E-state index contributed by atoms with van der Waals surface area (Å²) in [7, 11) is 0. The van der Waals surface area contributed by atoms with E-state index in [0.717, 1.165) is 30.9 Å². The van der Waals surface area contributed by atoms with Crippen molar-refractivity contribution in [2.45, 2.75) is 32.6 Å². The van der Waals surface area contributed by atoms with E-state index in [2.05, 4.69) is 24.0 Å². The molecule has 68 valence electrons. The van der Waals surface area contributed by atoms with Crippen molar-refractivity contribution in [1.29, 1.82) is 0 Å². The van der Waals surface area contributed by atoms with Crippen molar-refractivity contribution < 1.29 is 6.16 Å². The molecule has 0 unspecified atom stereocenters. The standard InChI is InChI=1S/C9H14N2O.H2/c1-6(2)8-9-7(10-11-8)4-3-5-12-9;/h6H,3-5H2,1-2H3,(H,10,11);1H. The fourth-order valence-corrected chi connectivity index (χ4v) is 1.53. The molecule has 1 aliphatic rings. The molecule has 0 saturated heterocycles. The minimum atomic E-state index is 0. The van der Waals surface area contributed by atoms with Crippen LogP contribution in [-0.2, 0) is 6.42 Å². The van der Waals surface area contributed by atoms with Crippen LogP contribution in [0.25, 0.3) is 0 Å². The highest BCUT2D eigenvalue weighted by molar-refractivity contribution is 5.35. The molecule has 0 aromatic carbocycles. The molecule has 1 aliphatic heterocycles. The van der Waals surface area contributed by atoms with Gasteiger partial charge in [0.15, 0.2) is 5.75 Å². The first-order chi connectivity index (χ1) is 5.79. The molecular formula is C9H16N2O. The van der Waals surface area contributed by atoms with Gasteiger partial charge in [-0.25, -0.2) is 0 Å². The van der Waals surface area contributed by atoms with Crippen molar-refractivity contribution in [3.05, 3.63) is 11.4 Å². The molecule has 0 spiro atoms. The van der Waals surface area contributed by atoms with E-state index in [9.17, 15) is 0 Å². The van der Waals surface area contributed by atoms with Crippen molar-refractivity contribution in [3.8, 4) is 5.75 Å². The van der Waals surface area contributed by atoms with E-state index in [1.54, 1.807) is 0 Å². The van der Waals surface area contributed by atoms with Gasteiger partial charge in [0.1, 0.15) is 5.69 Å². The Kier molecular flexibility index (Phi) is 1.79. The number of hydrogen-bond acceptors (Lipinski definition) is 2. The number of fused-ring (bicyclic) bond motifs is 1. The van der Waals surface area contributed by atoms with E-state index in [1.165, 1.54) is 5.69 Å². The van der Waals surface area contributed by atoms with Crippen molar-refractivity contribution in [1.82, 2.24) is 10.2 Å². The van der Waals surface area contributed by atoms with Crippen LogP contribution in [0.1, 0.15) is 39.0 Å². The molecule has 2 heterocycles. The Balaban J connectivity index is 0.000000845. The molecule has 0 amide bonds. The van der Waals surface area contributed by atoms with Gasteiger partial charge in [0.25, 0.3) is 0 Å². The summed E-state index contributed by atoms with van der Waals surface area (Å²) in [6.45, 7) is 5.11. The maximum absolute atomic E-state index is 5.56. The van der Waals surface area contributed by atoms with Gasteiger partial charge in [0.2, 0.25) is 0 Å². The van der Waals surface area contributed by atoms with Gasteiger partial charge in [0.05, 0.1) is 12.3 Å². The van der Waals surface area contributed by atoms with E-state index >= 15 is 0 Å². The zero-order chi connectivity index (χ0) is 8.55. The third-order valence-electron chi connectivity index (χ3n) is 2.18. The van der Waals surface area contributed by atoms with Gasteiger partial charge in [0, 0.05) is 7.34 Å². The number of ether oxygens (including phenoxy) is 1. The highest BCUT2D eigenvalue weighted by Gasteiger charge is 2.19. The fraction of sp³-hybridized carbons (Fsp3) is 0.667. The Labute approximate surface area is 73.6 Å². The first kappa shape index (κ1) is 7.65. The van der Waals surface area contributed by atoms with Crippen molar-refractivity contribution >= 4 is 0 Å². The number of aryl methyl sites for hydroxylation is 1. The average Bonchev–Trinajstić information content (AvgIpc) is 2.47. The second-order valence-electron chi connectivity index (χ2n) is 3.52. The number of nitrogens with one attached hydrogen (secondary N) is 1. The number of hydrogen-bond donors (Lipinski definition) is 1. The van der Waals surface area contributed by atoms with E-state index in [0.29, 0.717) is 5.92 Å². The minimum absolute atomic E-state index is 0. The maximum atomic E-state index is 5.56. The largest absolute Gasteiger partial charge is 0.490 e. The molecule has 0 saturated carbocycles. The monoisotopic (exact) mass is 168 g/mol. The molecule has 1 aromatic rings. The number of rotatable bonds is 1. The second kappa shape index (κ2) is 2.81. The zero-order valence-electron chi connectivity index (χ0n) is 7.55. The van der Waals surface area contributed by atoms with Crippen LogP contribution in [-0.4, -0.2) is 16.8 Å². The normalized spacial score (nSPS) is 15.9. The third-order valence-corrected chi connectivity index (χ3v) is 2.18. The zero-order valence-corrected chi connectivity index (χ0v) is 7.55. The van der Waals surface area contributed by atoms with E-state index < -0.39 is 0 Å². The van der Waals surface area contributed by atoms with Crippen molar-refractivity contribution in [3.63, 3.8) is 0 Å². The highest BCUT2D eigenvalue weighted by Crippen LogP contribution is 2.30. The number of aromatic nitrogens is 2. The lowest BCUT2D eigenvalue weighted by molar-refractivity contribution is 0.284. The van der Waals surface area contributed by atoms with Crippen LogP contribution in [0.15, 0.2) is 0 Å². The van der Waals surface area contributed by atoms with Gasteiger partial charge in [-0.2, -0.15) is 5.10 Å². The Morgan fingerprint density at radius 2 is 2.42 bits per heavy atom. The first-order valence-corrected chi connectivity index (χ1v) is 4.49. The number of aromatic amines is 1. The summed E-state index contributed by atoms with van der Waals surface area (Å²) in [5.74, 6) is 1.46. The minimum Gasteiger partial charge on any atom is -0.490 e. The molecule has 12 heavy (non-hydrogen) atoms. The molecule has 0 atom stereocenters. The molecule has 0 radical (unpaired) electrons. The fourth-order valence-electron chi connectivity index (χ4n) is 1.53. The second-order valence-corrected chi connectivity index (χ2v) is 3.52. The average molecular weight is 168 g/mol. The van der Waals surface area contributed by atoms with Crippen LogP contribution < -0.4 is 4.74 Å². The van der Waals surface area contributed by atoms with Crippen molar-refractivity contribution in [2.75, 3.05) is 6.61 Å². The van der Waals surface area contributed by atoms with Crippen LogP contribution in [0.4, 0.5) is 0 Å². The summed E-state index contributed by atoms with van der Waals surface area (Å²) in [4.78, 5) is 0. The van der Waals surface area contributed by atoms with Gasteiger partial charge >= 0.3 is 0 Å². The van der Waals surface area contributed by atoms with E-state index in [-0.39, 0.29) is 1.43 Å². The summed E-state index contributed by atoms with van der Waals surface area (Å²) in [6.07, 6.45) is 2.18. The van der Waals surface area contributed by atoms with Crippen LogP contribution in [0, 0.1) is 0 Å². The first-order valence-electron chi connectivity index (χ1n) is 4.49. The van der Waals surface area contributed by atoms with Crippen LogP contribution in [0.3, 0.4) is 0 Å². The summed E-state index contributed by atoms with van der Waals surface area (Å²) in [5.41, 5.74) is 2.25. The maximum Gasteiger partial charge on any atom is 0.163 e.